The standard InChI is InChI=1S/C18H19N3O2S/c1-11-14(15(21-23-11)18(2,3)4)16(22)20-13-7-5-12(6-8-13)17-19-9-10-24-17/h5-10H,1-4H3,(H,20,22). The molecule has 6 heteroatoms. The molecule has 1 amide bonds. The van der Waals surface area contributed by atoms with Crippen molar-refractivity contribution in [2.75, 3.05) is 5.32 Å². The Kier molecular flexibility index (Phi) is 4.24. The number of amides is 1. The number of benzene rings is 1. The number of thiazole rings is 1. The third kappa shape index (κ3) is 3.23. The Hall–Kier alpha value is -2.47. The Morgan fingerprint density at radius 3 is 2.50 bits per heavy atom. The highest BCUT2D eigenvalue weighted by molar-refractivity contribution is 7.13. The molecule has 3 rings (SSSR count). The molecule has 24 heavy (non-hydrogen) atoms. The van der Waals surface area contributed by atoms with Crippen LogP contribution in [0, 0.1) is 6.92 Å². The number of carbonyl (C=O) groups is 1. The van der Waals surface area contributed by atoms with Crippen LogP contribution in [0.15, 0.2) is 40.4 Å². The van der Waals surface area contributed by atoms with E-state index in [0.29, 0.717) is 17.0 Å². The predicted molar refractivity (Wildman–Crippen MR) is 95.4 cm³/mol. The summed E-state index contributed by atoms with van der Waals surface area (Å²) in [7, 11) is 0. The van der Waals surface area contributed by atoms with Gasteiger partial charge in [0.25, 0.3) is 5.91 Å². The number of rotatable bonds is 3. The van der Waals surface area contributed by atoms with Gasteiger partial charge in [0.1, 0.15) is 22.0 Å². The van der Waals surface area contributed by atoms with Crippen LogP contribution in [0.3, 0.4) is 0 Å². The van der Waals surface area contributed by atoms with Crippen LogP contribution in [-0.2, 0) is 5.41 Å². The molecule has 2 heterocycles. The van der Waals surface area contributed by atoms with Crippen molar-refractivity contribution in [2.24, 2.45) is 0 Å². The number of carbonyl (C=O) groups excluding carboxylic acids is 1. The summed E-state index contributed by atoms with van der Waals surface area (Å²) in [6.07, 6.45) is 1.78. The summed E-state index contributed by atoms with van der Waals surface area (Å²) < 4.78 is 5.23. The molecule has 0 aliphatic carbocycles. The second-order valence-electron chi connectivity index (χ2n) is 6.58. The smallest absolute Gasteiger partial charge is 0.261 e. The Morgan fingerprint density at radius 1 is 1.21 bits per heavy atom. The number of hydrogen-bond donors (Lipinski definition) is 1. The fraction of sp³-hybridized carbons (Fsp3) is 0.278. The zero-order valence-corrected chi connectivity index (χ0v) is 14.9. The van der Waals surface area contributed by atoms with Gasteiger partial charge in [0.05, 0.1) is 0 Å². The van der Waals surface area contributed by atoms with Crippen molar-refractivity contribution in [3.05, 3.63) is 52.9 Å². The van der Waals surface area contributed by atoms with E-state index in [4.69, 9.17) is 4.52 Å². The van der Waals surface area contributed by atoms with Crippen molar-refractivity contribution in [3.8, 4) is 10.6 Å². The lowest BCUT2D eigenvalue weighted by atomic mass is 9.88. The molecular formula is C18H19N3O2S. The molecule has 1 aromatic carbocycles. The van der Waals surface area contributed by atoms with E-state index in [9.17, 15) is 4.79 Å². The molecule has 124 valence electrons. The van der Waals surface area contributed by atoms with Crippen LogP contribution < -0.4 is 5.32 Å². The summed E-state index contributed by atoms with van der Waals surface area (Å²) in [6, 6.07) is 7.63. The molecule has 0 bridgehead atoms. The van der Waals surface area contributed by atoms with Gasteiger partial charge in [-0.05, 0) is 31.2 Å². The Morgan fingerprint density at radius 2 is 1.92 bits per heavy atom. The molecule has 0 saturated heterocycles. The molecular weight excluding hydrogens is 322 g/mol. The van der Waals surface area contributed by atoms with Gasteiger partial charge in [0, 0.05) is 28.2 Å². The van der Waals surface area contributed by atoms with E-state index < -0.39 is 0 Å². The maximum absolute atomic E-state index is 12.7. The summed E-state index contributed by atoms with van der Waals surface area (Å²) >= 11 is 1.58. The first-order chi connectivity index (χ1) is 11.4. The minimum atomic E-state index is -0.265. The first-order valence-electron chi connectivity index (χ1n) is 7.64. The quantitative estimate of drug-likeness (QED) is 0.752. The van der Waals surface area contributed by atoms with Crippen molar-refractivity contribution in [3.63, 3.8) is 0 Å². The van der Waals surface area contributed by atoms with Gasteiger partial charge in [0.2, 0.25) is 0 Å². The summed E-state index contributed by atoms with van der Waals surface area (Å²) in [5, 5.41) is 9.86. The van der Waals surface area contributed by atoms with Crippen molar-refractivity contribution in [1.82, 2.24) is 10.1 Å². The van der Waals surface area contributed by atoms with Crippen LogP contribution in [0.2, 0.25) is 0 Å². The van der Waals surface area contributed by atoms with E-state index in [1.165, 1.54) is 0 Å². The van der Waals surface area contributed by atoms with Crippen molar-refractivity contribution >= 4 is 22.9 Å². The second kappa shape index (κ2) is 6.20. The molecule has 0 radical (unpaired) electrons. The van der Waals surface area contributed by atoms with Gasteiger partial charge >= 0.3 is 0 Å². The van der Waals surface area contributed by atoms with Crippen LogP contribution in [0.25, 0.3) is 10.6 Å². The van der Waals surface area contributed by atoms with Crippen molar-refractivity contribution in [2.45, 2.75) is 33.1 Å². The van der Waals surface area contributed by atoms with Gasteiger partial charge in [-0.3, -0.25) is 4.79 Å². The molecule has 0 fully saturated rings. The highest BCUT2D eigenvalue weighted by Crippen LogP contribution is 2.28. The zero-order chi connectivity index (χ0) is 17.3. The normalized spacial score (nSPS) is 11.5. The van der Waals surface area contributed by atoms with E-state index in [-0.39, 0.29) is 11.3 Å². The first-order valence-corrected chi connectivity index (χ1v) is 8.52. The lowest BCUT2D eigenvalue weighted by Crippen LogP contribution is -2.21. The molecule has 0 aliphatic rings. The summed E-state index contributed by atoms with van der Waals surface area (Å²) in [5.41, 5.74) is 2.66. The summed E-state index contributed by atoms with van der Waals surface area (Å²) in [6.45, 7) is 7.76. The average molecular weight is 341 g/mol. The number of hydrogen-bond acceptors (Lipinski definition) is 5. The topological polar surface area (TPSA) is 68.0 Å². The highest BCUT2D eigenvalue weighted by atomic mass is 32.1. The minimum Gasteiger partial charge on any atom is -0.361 e. The monoisotopic (exact) mass is 341 g/mol. The van der Waals surface area contributed by atoms with Crippen LogP contribution >= 0.6 is 11.3 Å². The predicted octanol–water partition coefficient (Wildman–Crippen LogP) is 4.66. The SMILES string of the molecule is Cc1onc(C(C)(C)C)c1C(=O)Nc1ccc(-c2nccs2)cc1. The molecule has 0 atom stereocenters. The fourth-order valence-corrected chi connectivity index (χ4v) is 3.05. The lowest BCUT2D eigenvalue weighted by molar-refractivity contribution is 0.102. The van der Waals surface area contributed by atoms with Gasteiger partial charge in [-0.1, -0.05) is 25.9 Å². The Bertz CT molecular complexity index is 844. The van der Waals surface area contributed by atoms with Gasteiger partial charge in [-0.15, -0.1) is 11.3 Å². The van der Waals surface area contributed by atoms with Crippen LogP contribution in [-0.4, -0.2) is 16.0 Å². The van der Waals surface area contributed by atoms with Crippen LogP contribution in [0.1, 0.15) is 42.6 Å². The van der Waals surface area contributed by atoms with Gasteiger partial charge in [-0.25, -0.2) is 4.98 Å². The number of aryl methyl sites for hydroxylation is 1. The molecule has 3 aromatic rings. The summed E-state index contributed by atoms with van der Waals surface area (Å²) in [5.74, 6) is 0.317. The molecule has 0 saturated carbocycles. The third-order valence-corrected chi connectivity index (χ3v) is 4.44. The minimum absolute atomic E-state index is 0.208. The number of aromatic nitrogens is 2. The third-order valence-electron chi connectivity index (χ3n) is 3.62. The first kappa shape index (κ1) is 16.4. The molecule has 1 N–H and O–H groups in total. The van der Waals surface area contributed by atoms with E-state index in [2.05, 4.69) is 15.5 Å². The van der Waals surface area contributed by atoms with Crippen molar-refractivity contribution < 1.29 is 9.32 Å². The lowest BCUT2D eigenvalue weighted by Gasteiger charge is -2.16. The van der Waals surface area contributed by atoms with Gasteiger partial charge in [0.15, 0.2) is 0 Å². The molecule has 0 aliphatic heterocycles. The number of nitrogens with zero attached hydrogens (tertiary/aromatic N) is 2. The zero-order valence-electron chi connectivity index (χ0n) is 14.1. The van der Waals surface area contributed by atoms with Gasteiger partial charge < -0.3 is 9.84 Å². The maximum atomic E-state index is 12.7. The molecule has 0 spiro atoms. The average Bonchev–Trinajstić information content (AvgIpc) is 3.16. The largest absolute Gasteiger partial charge is 0.361 e. The van der Waals surface area contributed by atoms with E-state index >= 15 is 0 Å². The Balaban J connectivity index is 1.82. The fourth-order valence-electron chi connectivity index (χ4n) is 2.41. The van der Waals surface area contributed by atoms with Crippen LogP contribution in [0.5, 0.6) is 0 Å². The molecule has 2 aromatic heterocycles. The highest BCUT2D eigenvalue weighted by Gasteiger charge is 2.28. The maximum Gasteiger partial charge on any atom is 0.261 e. The molecule has 5 nitrogen and oxygen atoms in total. The van der Waals surface area contributed by atoms with Crippen molar-refractivity contribution in [1.29, 1.82) is 0 Å². The number of nitrogens with one attached hydrogen (secondary N) is 1. The van der Waals surface area contributed by atoms with E-state index in [1.54, 1.807) is 24.5 Å². The number of anilines is 1. The second-order valence-corrected chi connectivity index (χ2v) is 7.48. The Labute approximate surface area is 144 Å². The summed E-state index contributed by atoms with van der Waals surface area (Å²) in [4.78, 5) is 16.9. The van der Waals surface area contributed by atoms with E-state index in [1.807, 2.05) is 50.4 Å². The van der Waals surface area contributed by atoms with Crippen LogP contribution in [0.4, 0.5) is 5.69 Å². The van der Waals surface area contributed by atoms with Gasteiger partial charge in [-0.2, -0.15) is 0 Å². The molecule has 0 unspecified atom stereocenters. The van der Waals surface area contributed by atoms with E-state index in [0.717, 1.165) is 16.3 Å².